The number of halogens is 2. The van der Waals surface area contributed by atoms with Crippen LogP contribution >= 0.6 is 18.6 Å². The predicted octanol–water partition coefficient (Wildman–Crippen LogP) is 10.8. The van der Waals surface area contributed by atoms with Crippen LogP contribution in [0.4, 0.5) is 22.7 Å². The van der Waals surface area contributed by atoms with E-state index in [9.17, 15) is 0 Å². The van der Waals surface area contributed by atoms with Crippen molar-refractivity contribution in [2.75, 3.05) is 4.57 Å². The Balaban J connectivity index is 0.000000765. The van der Waals surface area contributed by atoms with E-state index in [1.807, 2.05) is 0 Å². The van der Waals surface area contributed by atoms with Crippen LogP contribution in [0.3, 0.4) is 0 Å². The van der Waals surface area contributed by atoms with Gasteiger partial charge in [0.05, 0.1) is 0 Å². The predicted molar refractivity (Wildman–Crippen MR) is 161 cm³/mol. The average molecular weight is 581 g/mol. The molecule has 0 spiro atoms. The number of nitrogens with zero attached hydrogens (tertiary/aromatic N) is 2. The van der Waals surface area contributed by atoms with Crippen molar-refractivity contribution in [3.8, 4) is 0 Å². The van der Waals surface area contributed by atoms with Crippen LogP contribution in [-0.2, 0) is 17.0 Å². The van der Waals surface area contributed by atoms with Crippen LogP contribution in [0.1, 0.15) is 24.3 Å². The Morgan fingerprint density at radius 1 is 0.784 bits per heavy atom. The molecule has 37 heavy (non-hydrogen) atoms. The van der Waals surface area contributed by atoms with Crippen LogP contribution < -0.4 is 4.57 Å². The van der Waals surface area contributed by atoms with Crippen molar-refractivity contribution < 1.29 is 17.0 Å². The van der Waals surface area contributed by atoms with Crippen molar-refractivity contribution in [2.24, 2.45) is 11.8 Å². The Kier molecular flexibility index (Phi) is 9.48. The van der Waals surface area contributed by atoms with E-state index in [4.69, 9.17) is 23.9 Å². The Labute approximate surface area is 240 Å². The van der Waals surface area contributed by atoms with Gasteiger partial charge in [0, 0.05) is 17.3 Å². The van der Waals surface area contributed by atoms with Gasteiger partial charge in [-0.1, -0.05) is 111 Å². The molecule has 6 rings (SSSR count). The van der Waals surface area contributed by atoms with Gasteiger partial charge >= 0.3 is 35.6 Å². The molecule has 1 fully saturated rings. The van der Waals surface area contributed by atoms with E-state index in [1.54, 1.807) is 0 Å². The van der Waals surface area contributed by atoms with E-state index in [0.29, 0.717) is 23.3 Å². The first kappa shape index (κ1) is 28.3. The fraction of sp³-hybridized carbons (Fsp3) is 0.258. The molecule has 192 valence electrons. The Morgan fingerprint density at radius 2 is 1.32 bits per heavy atom. The Morgan fingerprint density at radius 3 is 1.95 bits per heavy atom. The summed E-state index contributed by atoms with van der Waals surface area (Å²) in [5, 5.41) is 5.00. The van der Waals surface area contributed by atoms with E-state index < -0.39 is 25.3 Å². The summed E-state index contributed by atoms with van der Waals surface area (Å²) in [5.74, 6) is 1.76. The molecule has 2 nitrogen and oxygen atoms in total. The summed E-state index contributed by atoms with van der Waals surface area (Å²) in [6.07, 6.45) is 12.2. The first-order valence-corrected chi connectivity index (χ1v) is 19.9. The summed E-state index contributed by atoms with van der Waals surface area (Å²) in [7, 11) is 7.84. The van der Waals surface area contributed by atoms with Gasteiger partial charge in [-0.15, -0.1) is 11.4 Å². The number of para-hydroxylation sites is 4. The zero-order valence-corrected chi connectivity index (χ0v) is 25.8. The van der Waals surface area contributed by atoms with Crippen molar-refractivity contribution in [1.82, 2.24) is 0 Å². The number of allylic oxidation sites excluding steroid dienone is 4. The van der Waals surface area contributed by atoms with Crippen LogP contribution in [0.25, 0.3) is 5.32 Å². The molecule has 0 amide bonds. The molecule has 0 radical (unpaired) electrons. The maximum absolute atomic E-state index is 5.00. The second-order valence-corrected chi connectivity index (χ2v) is 17.4. The molecule has 0 aromatic heterocycles. The molecular weight excluding hydrogens is 547 g/mol. The Bertz CT molecular complexity index is 1200. The van der Waals surface area contributed by atoms with Gasteiger partial charge in [0.2, 0.25) is 0 Å². The third kappa shape index (κ3) is 5.53. The monoisotopic (exact) mass is 580 g/mol. The first-order valence-electron chi connectivity index (χ1n) is 12.6. The van der Waals surface area contributed by atoms with Crippen molar-refractivity contribution in [2.45, 2.75) is 37.4 Å². The average Bonchev–Trinajstić information content (AvgIpc) is 3.21. The fourth-order valence-corrected chi connectivity index (χ4v) is 10.8. The van der Waals surface area contributed by atoms with Gasteiger partial charge in [0.25, 0.3) is 0 Å². The maximum atomic E-state index is 5.00. The van der Waals surface area contributed by atoms with Crippen LogP contribution in [0.5, 0.6) is 0 Å². The summed E-state index contributed by atoms with van der Waals surface area (Å²) in [6, 6.07) is 28.6. The molecule has 0 N–H and O–H groups in total. The van der Waals surface area contributed by atoms with Crippen molar-refractivity contribution >= 4 is 49.6 Å². The van der Waals surface area contributed by atoms with Crippen LogP contribution in [-0.4, -0.2) is 8.24 Å². The molecular formula is C31H34Cl2N2SiTi-2. The summed E-state index contributed by atoms with van der Waals surface area (Å²) in [6.45, 7) is 5.17. The summed E-state index contributed by atoms with van der Waals surface area (Å²) in [4.78, 5) is 0. The molecule has 1 aliphatic heterocycles. The SMILES string of the molecule is C[Si](C)(C1CC[C@@H]2C(c3ccccc3)C=CC=C[C@H]12)N1c2ccccc2[N-]c2ccccc21.[CH3-].[Cl][Ti][Cl]. The van der Waals surface area contributed by atoms with Gasteiger partial charge in [0.1, 0.15) is 0 Å². The second kappa shape index (κ2) is 12.4. The molecule has 3 aliphatic rings. The summed E-state index contributed by atoms with van der Waals surface area (Å²) in [5.41, 5.74) is 6.92. The first-order chi connectivity index (χ1) is 17.6. The minimum absolute atomic E-state index is 0. The van der Waals surface area contributed by atoms with Gasteiger partial charge in [-0.3, -0.25) is 0 Å². The van der Waals surface area contributed by atoms with Gasteiger partial charge in [-0.25, -0.2) is 0 Å². The number of hydrogen-bond acceptors (Lipinski definition) is 1. The van der Waals surface area contributed by atoms with Crippen LogP contribution in [0.2, 0.25) is 18.6 Å². The number of benzene rings is 3. The molecule has 4 atom stereocenters. The van der Waals surface area contributed by atoms with Gasteiger partial charge in [-0.2, -0.15) is 0 Å². The van der Waals surface area contributed by atoms with Crippen LogP contribution in [0, 0.1) is 19.3 Å². The molecule has 1 heterocycles. The molecule has 6 heteroatoms. The van der Waals surface area contributed by atoms with Crippen LogP contribution in [0.15, 0.2) is 103 Å². The third-order valence-corrected chi connectivity index (χ3v) is 12.3. The molecule has 0 saturated heterocycles. The topological polar surface area (TPSA) is 17.3 Å². The molecule has 3 aromatic carbocycles. The van der Waals surface area contributed by atoms with E-state index in [1.165, 1.54) is 29.8 Å². The number of hydrogen-bond donors (Lipinski definition) is 0. The van der Waals surface area contributed by atoms with E-state index in [0.717, 1.165) is 11.4 Å². The minimum atomic E-state index is -1.94. The van der Waals surface area contributed by atoms with E-state index in [2.05, 4.69) is 121 Å². The zero-order valence-electron chi connectivity index (χ0n) is 21.7. The van der Waals surface area contributed by atoms with Gasteiger partial charge < -0.3 is 17.3 Å². The molecule has 2 unspecified atom stereocenters. The fourth-order valence-electron chi connectivity index (χ4n) is 6.67. The third-order valence-electron chi connectivity index (χ3n) is 8.15. The molecule has 1 saturated carbocycles. The molecule has 3 aromatic rings. The molecule has 0 bridgehead atoms. The van der Waals surface area contributed by atoms with Crippen molar-refractivity contribution in [3.05, 3.63) is 121 Å². The number of rotatable bonds is 3. The second-order valence-electron chi connectivity index (χ2n) is 10.3. The summed E-state index contributed by atoms with van der Waals surface area (Å²) >= 11 is -0.556. The standard InChI is InChI=1S/C30H31N2Si.CH3.2ClH.Ti/c1-33(2,32-28-18-10-8-16-26(28)31-27-17-9-11-19-29(27)32)30-21-20-24-23(14-6-7-15-25(24)30)22-12-4-3-5-13-22;;;;/h3-19,23-25,30H,20-21H2,1-2H3;1H3;2*1H;/q2*-1;;;+2/p-2/t23?,24-,25+,30?;;;;/m1..../s1. The Hall–Kier alpha value is -1.75. The van der Waals surface area contributed by atoms with E-state index in [-0.39, 0.29) is 7.43 Å². The van der Waals surface area contributed by atoms with Crippen molar-refractivity contribution in [3.63, 3.8) is 0 Å². The van der Waals surface area contributed by atoms with Gasteiger partial charge in [-0.05, 0) is 41.5 Å². The quantitative estimate of drug-likeness (QED) is 0.222. The zero-order chi connectivity index (χ0) is 25.1. The number of anilines is 2. The van der Waals surface area contributed by atoms with E-state index >= 15 is 0 Å². The van der Waals surface area contributed by atoms with Crippen molar-refractivity contribution in [1.29, 1.82) is 0 Å². The number of fused-ring (bicyclic) bond motifs is 3. The summed E-state index contributed by atoms with van der Waals surface area (Å²) < 4.78 is 2.72. The van der Waals surface area contributed by atoms with Gasteiger partial charge in [0.15, 0.2) is 8.24 Å². The normalized spacial score (nSPS) is 23.2. The molecule has 2 aliphatic carbocycles.